The van der Waals surface area contributed by atoms with E-state index in [2.05, 4.69) is 15.0 Å². The second-order valence-electron chi connectivity index (χ2n) is 4.98. The summed E-state index contributed by atoms with van der Waals surface area (Å²) < 4.78 is 0. The quantitative estimate of drug-likeness (QED) is 0.672. The van der Waals surface area contributed by atoms with E-state index in [1.807, 2.05) is 85.1 Å². The molecule has 0 atom stereocenters. The summed E-state index contributed by atoms with van der Waals surface area (Å²) in [5, 5.41) is 0. The first-order chi connectivity index (χ1) is 11.9. The largest absolute Gasteiger partial charge is 0.256 e. The smallest absolute Gasteiger partial charge is 0.0980 e. The van der Waals surface area contributed by atoms with Crippen LogP contribution in [0.4, 0.5) is 0 Å². The van der Waals surface area contributed by atoms with Crippen molar-refractivity contribution in [1.82, 2.24) is 0 Å². The molecule has 3 aliphatic heterocycles. The average Bonchev–Trinajstić information content (AvgIpc) is 2.49. The number of nitrogens with zero attached hydrogens (tertiary/aromatic N) is 3. The lowest BCUT2D eigenvalue weighted by Gasteiger charge is -2.12. The zero-order chi connectivity index (χ0) is 16.5. The van der Waals surface area contributed by atoms with Gasteiger partial charge in [0.25, 0.3) is 0 Å². The van der Waals surface area contributed by atoms with Gasteiger partial charge < -0.3 is 0 Å². The zero-order valence-electron chi connectivity index (χ0n) is 13.6. The predicted molar refractivity (Wildman–Crippen MR) is 111 cm³/mol. The van der Waals surface area contributed by atoms with E-state index in [1.165, 1.54) is 0 Å². The highest BCUT2D eigenvalue weighted by atomic mass is 35.5. The van der Waals surface area contributed by atoms with Gasteiger partial charge >= 0.3 is 0 Å². The van der Waals surface area contributed by atoms with Crippen molar-refractivity contribution in [2.75, 3.05) is 0 Å². The van der Waals surface area contributed by atoms with E-state index in [-0.39, 0.29) is 12.4 Å². The normalized spacial score (nSPS) is 37.1. The lowest BCUT2D eigenvalue weighted by atomic mass is 9.98. The van der Waals surface area contributed by atoms with Crippen molar-refractivity contribution in [2.45, 2.75) is 0 Å². The summed E-state index contributed by atoms with van der Waals surface area (Å²) in [6.45, 7) is 0. The molecule has 3 aliphatic rings. The first kappa shape index (κ1) is 18.3. The van der Waals surface area contributed by atoms with E-state index < -0.39 is 0 Å². The van der Waals surface area contributed by atoms with E-state index in [0.29, 0.717) is 0 Å². The molecule has 0 fully saturated rings. The van der Waals surface area contributed by atoms with Gasteiger partial charge in [0.15, 0.2) is 0 Å². The van der Waals surface area contributed by atoms with Crippen LogP contribution in [0.1, 0.15) is 0 Å². The Kier molecular flexibility index (Phi) is 7.29. The molecule has 0 aromatic rings. The third-order valence-corrected chi connectivity index (χ3v) is 3.32. The molecule has 0 bridgehead atoms. The molecular weight excluding hydrogens is 330 g/mol. The number of aliphatic imine (C=N–C) groups is 3. The highest BCUT2D eigenvalue weighted by Crippen LogP contribution is 2.12. The maximum Gasteiger partial charge on any atom is 0.0980 e. The molecule has 0 spiro atoms. The molecule has 3 nitrogen and oxygen atoms in total. The molecule has 4 heteroatoms. The summed E-state index contributed by atoms with van der Waals surface area (Å²) in [6.07, 6.45) is 32.6. The van der Waals surface area contributed by atoms with Crippen molar-refractivity contribution in [3.05, 3.63) is 109 Å². The topological polar surface area (TPSA) is 37.1 Å². The van der Waals surface area contributed by atoms with Crippen LogP contribution >= 0.6 is 12.4 Å². The van der Waals surface area contributed by atoms with Crippen LogP contribution in [0, 0.1) is 0 Å². The first-order valence-electron chi connectivity index (χ1n) is 7.73. The van der Waals surface area contributed by atoms with Crippen LogP contribution in [0.15, 0.2) is 124 Å². The van der Waals surface area contributed by atoms with Gasteiger partial charge in [0, 0.05) is 24.2 Å². The molecule has 0 aliphatic carbocycles. The molecular formula is C21H18ClN3. The average molecular weight is 348 g/mol. The minimum absolute atomic E-state index is 0. The van der Waals surface area contributed by atoms with Gasteiger partial charge in [-0.2, -0.15) is 0 Å². The Balaban J connectivity index is 0.00000225. The van der Waals surface area contributed by atoms with E-state index >= 15 is 0 Å². The maximum atomic E-state index is 4.61. The van der Waals surface area contributed by atoms with Crippen molar-refractivity contribution < 1.29 is 0 Å². The molecule has 0 amide bonds. The van der Waals surface area contributed by atoms with Gasteiger partial charge in [-0.05, 0) is 30.4 Å². The van der Waals surface area contributed by atoms with Crippen molar-refractivity contribution in [1.29, 1.82) is 0 Å². The van der Waals surface area contributed by atoms with Crippen LogP contribution < -0.4 is 0 Å². The molecule has 0 aromatic heterocycles. The predicted octanol–water partition coefficient (Wildman–Crippen LogP) is 5.02. The van der Waals surface area contributed by atoms with Crippen LogP contribution in [0.25, 0.3) is 0 Å². The van der Waals surface area contributed by atoms with Crippen molar-refractivity contribution in [3.8, 4) is 0 Å². The fourth-order valence-electron chi connectivity index (χ4n) is 2.22. The van der Waals surface area contributed by atoms with Crippen molar-refractivity contribution in [2.24, 2.45) is 15.0 Å². The Morgan fingerprint density at radius 2 is 1.00 bits per heavy atom. The summed E-state index contributed by atoms with van der Waals surface area (Å²) in [4.78, 5) is 13.7. The highest BCUT2D eigenvalue weighted by Gasteiger charge is 2.16. The fourth-order valence-corrected chi connectivity index (χ4v) is 2.22. The third kappa shape index (κ3) is 5.23. The Morgan fingerprint density at radius 1 is 0.480 bits per heavy atom. The number of hydrogen-bond acceptors (Lipinski definition) is 3. The molecule has 0 aromatic carbocycles. The monoisotopic (exact) mass is 347 g/mol. The Bertz CT molecular complexity index is 780. The molecule has 25 heavy (non-hydrogen) atoms. The molecule has 0 N–H and O–H groups in total. The van der Waals surface area contributed by atoms with E-state index in [1.54, 1.807) is 18.6 Å². The van der Waals surface area contributed by atoms with Gasteiger partial charge in [-0.15, -0.1) is 12.4 Å². The van der Waals surface area contributed by atoms with E-state index in [4.69, 9.17) is 0 Å². The number of rotatable bonds is 2. The summed E-state index contributed by atoms with van der Waals surface area (Å²) in [7, 11) is 0. The van der Waals surface area contributed by atoms with Gasteiger partial charge in [0.05, 0.1) is 17.1 Å². The molecule has 0 unspecified atom stereocenters. The summed E-state index contributed by atoms with van der Waals surface area (Å²) in [5.41, 5.74) is 3.34. The fraction of sp³-hybridized carbons (Fsp3) is 0. The zero-order valence-corrected chi connectivity index (χ0v) is 14.4. The Labute approximate surface area is 154 Å². The SMILES string of the molecule is C1=C\C=C/C(C2=C/C=C\C=C/N=C\2C2=N/C=C\C=C/C=C\2)=N\C=C/1.Cl. The summed E-state index contributed by atoms with van der Waals surface area (Å²) in [5.74, 6) is 0. The lowest BCUT2D eigenvalue weighted by Crippen LogP contribution is -2.20. The van der Waals surface area contributed by atoms with Crippen molar-refractivity contribution in [3.63, 3.8) is 0 Å². The van der Waals surface area contributed by atoms with Gasteiger partial charge in [0.2, 0.25) is 0 Å². The standard InChI is InChI=1S/C21H17N3.ClH/c1-3-9-15-22-19(13-7-1)18-12-6-5-11-17-24-21(18)20-14-8-2-4-10-16-23-20;/h1-17H;1H/b3-1-,4-2-,6-5-,7-1?,8-2?,9-3?,10-4?,11-5?,12-6?,13-7-,14-8-,15-9-,16-10-,17-11-,18-12-,19-13?,20-14?,21-18?,22-15?,22-19+,23-16?,23-20+,24-17?,24-21+;. The van der Waals surface area contributed by atoms with Gasteiger partial charge in [-0.1, -0.05) is 54.7 Å². The van der Waals surface area contributed by atoms with Crippen LogP contribution in [-0.2, 0) is 0 Å². The van der Waals surface area contributed by atoms with Crippen molar-refractivity contribution >= 4 is 29.5 Å². The van der Waals surface area contributed by atoms with Gasteiger partial charge in [0.1, 0.15) is 0 Å². The van der Waals surface area contributed by atoms with E-state index in [9.17, 15) is 0 Å². The number of halogens is 1. The minimum atomic E-state index is 0. The molecule has 0 saturated heterocycles. The number of allylic oxidation sites excluding steroid dienone is 15. The van der Waals surface area contributed by atoms with Crippen LogP contribution in [0.2, 0.25) is 0 Å². The van der Waals surface area contributed by atoms with Gasteiger partial charge in [-0.25, -0.2) is 0 Å². The number of hydrogen-bond donors (Lipinski definition) is 0. The lowest BCUT2D eigenvalue weighted by molar-refractivity contribution is 1.50. The third-order valence-electron chi connectivity index (χ3n) is 3.32. The van der Waals surface area contributed by atoms with Crippen LogP contribution in [0.3, 0.4) is 0 Å². The Hall–Kier alpha value is -3.04. The van der Waals surface area contributed by atoms with Crippen LogP contribution in [-0.4, -0.2) is 17.1 Å². The maximum absolute atomic E-state index is 4.61. The molecule has 0 radical (unpaired) electrons. The van der Waals surface area contributed by atoms with Gasteiger partial charge in [-0.3, -0.25) is 15.0 Å². The Morgan fingerprint density at radius 3 is 1.72 bits per heavy atom. The molecule has 124 valence electrons. The second-order valence-corrected chi connectivity index (χ2v) is 4.98. The highest BCUT2D eigenvalue weighted by molar-refractivity contribution is 6.58. The van der Waals surface area contributed by atoms with E-state index in [0.717, 1.165) is 22.7 Å². The summed E-state index contributed by atoms with van der Waals surface area (Å²) >= 11 is 0. The summed E-state index contributed by atoms with van der Waals surface area (Å²) in [6, 6.07) is 0. The van der Waals surface area contributed by atoms with Crippen LogP contribution in [0.5, 0.6) is 0 Å². The molecule has 0 saturated carbocycles. The second kappa shape index (κ2) is 9.96. The molecule has 3 rings (SSSR count). The first-order valence-corrected chi connectivity index (χ1v) is 7.73. The molecule has 3 heterocycles. The minimum Gasteiger partial charge on any atom is -0.256 e.